The van der Waals surface area contributed by atoms with Crippen LogP contribution in [0.5, 0.6) is 0 Å². The third-order valence-corrected chi connectivity index (χ3v) is 5.25. The van der Waals surface area contributed by atoms with Gasteiger partial charge in [-0.05, 0) is 37.1 Å². The quantitative estimate of drug-likeness (QED) is 0.695. The van der Waals surface area contributed by atoms with Crippen molar-refractivity contribution in [3.05, 3.63) is 35.6 Å². The number of hydrogen-bond acceptors (Lipinski definition) is 4. The van der Waals surface area contributed by atoms with Crippen molar-refractivity contribution < 1.29 is 13.9 Å². The van der Waals surface area contributed by atoms with E-state index in [1.54, 1.807) is 7.11 Å². The van der Waals surface area contributed by atoms with Crippen LogP contribution in [0.4, 0.5) is 4.39 Å². The molecule has 1 aromatic rings. The summed E-state index contributed by atoms with van der Waals surface area (Å²) in [5.41, 5.74) is 1.11. The maximum absolute atomic E-state index is 13.2. The van der Waals surface area contributed by atoms with Gasteiger partial charge in [-0.1, -0.05) is 26.0 Å². The first-order valence-electron chi connectivity index (χ1n) is 9.84. The number of carbonyl (C=O) groups is 1. The fourth-order valence-electron chi connectivity index (χ4n) is 3.60. The second-order valence-electron chi connectivity index (χ2n) is 7.83. The highest BCUT2D eigenvalue weighted by atomic mass is 19.1. The number of ether oxygens (including phenoxy) is 1. The number of nitrogens with zero attached hydrogens (tertiary/aromatic N) is 3. The molecule has 1 fully saturated rings. The summed E-state index contributed by atoms with van der Waals surface area (Å²) in [4.78, 5) is 19.2. The van der Waals surface area contributed by atoms with Crippen LogP contribution in [0.15, 0.2) is 24.3 Å². The van der Waals surface area contributed by atoms with Gasteiger partial charge >= 0.3 is 0 Å². The lowest BCUT2D eigenvalue weighted by molar-refractivity contribution is -0.132. The Morgan fingerprint density at radius 2 is 2.00 bits per heavy atom. The number of methoxy groups -OCH3 is 1. The van der Waals surface area contributed by atoms with Gasteiger partial charge in [-0.2, -0.15) is 0 Å². The van der Waals surface area contributed by atoms with Crippen LogP contribution in [-0.4, -0.2) is 80.1 Å². The molecule has 27 heavy (non-hydrogen) atoms. The minimum atomic E-state index is -0.204. The Hall–Kier alpha value is -1.50. The molecule has 1 atom stereocenters. The molecule has 0 aromatic heterocycles. The first-order valence-corrected chi connectivity index (χ1v) is 9.84. The summed E-state index contributed by atoms with van der Waals surface area (Å²) in [5.74, 6) is 0.414. The maximum Gasteiger partial charge on any atom is 0.236 e. The molecular formula is C21H34FN3O2. The van der Waals surface area contributed by atoms with Crippen molar-refractivity contribution in [2.75, 3.05) is 53.5 Å². The van der Waals surface area contributed by atoms with Crippen LogP contribution in [0.25, 0.3) is 0 Å². The molecule has 0 aliphatic carbocycles. The normalized spacial score (nSPS) is 18.9. The van der Waals surface area contributed by atoms with Crippen molar-refractivity contribution in [3.8, 4) is 0 Å². The molecule has 1 aromatic carbocycles. The van der Waals surface area contributed by atoms with Crippen molar-refractivity contribution in [2.24, 2.45) is 5.92 Å². The monoisotopic (exact) mass is 379 g/mol. The van der Waals surface area contributed by atoms with Crippen molar-refractivity contribution in [1.82, 2.24) is 14.7 Å². The fraction of sp³-hybridized carbons (Fsp3) is 0.667. The van der Waals surface area contributed by atoms with Crippen molar-refractivity contribution in [3.63, 3.8) is 0 Å². The average molecular weight is 380 g/mol. The minimum Gasteiger partial charge on any atom is -0.383 e. The summed E-state index contributed by atoms with van der Waals surface area (Å²) in [6.07, 6.45) is 0.956. The van der Waals surface area contributed by atoms with Gasteiger partial charge in [0.1, 0.15) is 5.82 Å². The van der Waals surface area contributed by atoms with Gasteiger partial charge in [0.05, 0.1) is 13.2 Å². The van der Waals surface area contributed by atoms with Crippen LogP contribution in [-0.2, 0) is 16.1 Å². The molecule has 5 nitrogen and oxygen atoms in total. The van der Waals surface area contributed by atoms with Gasteiger partial charge in [0.2, 0.25) is 5.91 Å². The number of halogens is 1. The highest BCUT2D eigenvalue weighted by Crippen LogP contribution is 2.20. The van der Waals surface area contributed by atoms with E-state index in [-0.39, 0.29) is 11.7 Å². The van der Waals surface area contributed by atoms with Gasteiger partial charge in [0.25, 0.3) is 0 Å². The van der Waals surface area contributed by atoms with Gasteiger partial charge < -0.3 is 9.64 Å². The summed E-state index contributed by atoms with van der Waals surface area (Å²) in [7, 11) is 3.63. The van der Waals surface area contributed by atoms with Gasteiger partial charge in [-0.15, -0.1) is 0 Å². The van der Waals surface area contributed by atoms with Gasteiger partial charge in [0, 0.05) is 45.9 Å². The third kappa shape index (κ3) is 6.87. The van der Waals surface area contributed by atoms with E-state index in [2.05, 4.69) is 18.7 Å². The van der Waals surface area contributed by atoms with E-state index >= 15 is 0 Å². The average Bonchev–Trinajstić information content (AvgIpc) is 2.84. The Morgan fingerprint density at radius 1 is 1.30 bits per heavy atom. The molecule has 0 N–H and O–H groups in total. The van der Waals surface area contributed by atoms with E-state index in [0.29, 0.717) is 25.1 Å². The molecule has 1 saturated heterocycles. The van der Waals surface area contributed by atoms with Crippen molar-refractivity contribution in [2.45, 2.75) is 32.9 Å². The zero-order valence-corrected chi connectivity index (χ0v) is 17.2. The number of benzene rings is 1. The summed E-state index contributed by atoms with van der Waals surface area (Å²) in [6.45, 7) is 9.50. The van der Waals surface area contributed by atoms with E-state index in [1.165, 1.54) is 12.1 Å². The Bertz CT molecular complexity index is 579. The molecule has 152 valence electrons. The van der Waals surface area contributed by atoms with E-state index < -0.39 is 0 Å². The molecule has 0 radical (unpaired) electrons. The highest BCUT2D eigenvalue weighted by molar-refractivity contribution is 5.78. The van der Waals surface area contributed by atoms with Gasteiger partial charge in [-0.3, -0.25) is 14.6 Å². The SMILES string of the molecule is COCCN(C)CC(=O)N1CCCN(Cc2ccc(F)cc2)[C@@H](C(C)C)C1. The fourth-order valence-corrected chi connectivity index (χ4v) is 3.60. The molecular weight excluding hydrogens is 345 g/mol. The predicted octanol–water partition coefficient (Wildman–Crippen LogP) is 2.46. The summed E-state index contributed by atoms with van der Waals surface area (Å²) in [5, 5.41) is 0. The Labute approximate surface area is 163 Å². The first-order chi connectivity index (χ1) is 12.9. The molecule has 1 amide bonds. The minimum absolute atomic E-state index is 0.183. The number of amides is 1. The molecule has 2 rings (SSSR count). The molecule has 1 heterocycles. The van der Waals surface area contributed by atoms with Crippen molar-refractivity contribution >= 4 is 5.91 Å². The first kappa shape index (κ1) is 21.8. The standard InChI is InChI=1S/C21H34FN3O2/c1-17(2)20-15-25(21(26)16-23(3)12-13-27-4)11-5-10-24(20)14-18-6-8-19(22)9-7-18/h6-9,17,20H,5,10-16H2,1-4H3/t20-/m1/s1. The summed E-state index contributed by atoms with van der Waals surface area (Å²) in [6, 6.07) is 7.04. The molecule has 6 heteroatoms. The van der Waals surface area contributed by atoms with Crippen LogP contribution >= 0.6 is 0 Å². The lowest BCUT2D eigenvalue weighted by Crippen LogP contribution is -2.47. The number of rotatable bonds is 8. The second kappa shape index (κ2) is 10.7. The van der Waals surface area contributed by atoms with E-state index in [0.717, 1.165) is 44.7 Å². The lowest BCUT2D eigenvalue weighted by atomic mass is 10.0. The van der Waals surface area contributed by atoms with Crippen LogP contribution in [0.3, 0.4) is 0 Å². The molecule has 0 spiro atoms. The Kier molecular flexibility index (Phi) is 8.67. The molecule has 0 bridgehead atoms. The zero-order valence-electron chi connectivity index (χ0n) is 17.2. The lowest BCUT2D eigenvalue weighted by Gasteiger charge is -2.35. The van der Waals surface area contributed by atoms with Crippen LogP contribution in [0.1, 0.15) is 25.8 Å². The van der Waals surface area contributed by atoms with E-state index in [9.17, 15) is 9.18 Å². The number of hydrogen-bond donors (Lipinski definition) is 0. The number of carbonyl (C=O) groups excluding carboxylic acids is 1. The second-order valence-corrected chi connectivity index (χ2v) is 7.83. The molecule has 1 aliphatic heterocycles. The molecule has 0 unspecified atom stereocenters. The summed E-state index contributed by atoms with van der Waals surface area (Å²) >= 11 is 0. The smallest absolute Gasteiger partial charge is 0.236 e. The molecule has 1 aliphatic rings. The highest BCUT2D eigenvalue weighted by Gasteiger charge is 2.29. The Balaban J connectivity index is 2.00. The summed E-state index contributed by atoms with van der Waals surface area (Å²) < 4.78 is 18.3. The maximum atomic E-state index is 13.2. The Morgan fingerprint density at radius 3 is 2.63 bits per heavy atom. The van der Waals surface area contributed by atoms with Crippen LogP contribution in [0.2, 0.25) is 0 Å². The molecule has 0 saturated carbocycles. The van der Waals surface area contributed by atoms with Crippen LogP contribution in [0, 0.1) is 11.7 Å². The number of likely N-dealkylation sites (N-methyl/N-ethyl adjacent to an activating group) is 1. The topological polar surface area (TPSA) is 36.0 Å². The largest absolute Gasteiger partial charge is 0.383 e. The van der Waals surface area contributed by atoms with E-state index in [4.69, 9.17) is 4.74 Å². The van der Waals surface area contributed by atoms with Gasteiger partial charge in [0.15, 0.2) is 0 Å². The van der Waals surface area contributed by atoms with Crippen LogP contribution < -0.4 is 0 Å². The van der Waals surface area contributed by atoms with Gasteiger partial charge in [-0.25, -0.2) is 4.39 Å². The van der Waals surface area contributed by atoms with Crippen molar-refractivity contribution in [1.29, 1.82) is 0 Å². The predicted molar refractivity (Wildman–Crippen MR) is 106 cm³/mol. The zero-order chi connectivity index (χ0) is 19.8. The van der Waals surface area contributed by atoms with E-state index in [1.807, 2.05) is 29.0 Å². The third-order valence-electron chi connectivity index (χ3n) is 5.25.